The number of carbonyl (C=O) groups excluding carboxylic acids is 1. The lowest BCUT2D eigenvalue weighted by Crippen LogP contribution is -2.11. The van der Waals surface area contributed by atoms with Crippen LogP contribution in [0.2, 0.25) is 0 Å². The monoisotopic (exact) mass is 252 g/mol. The van der Waals surface area contributed by atoms with Gasteiger partial charge in [-0.25, -0.2) is 0 Å². The average molecular weight is 253 g/mol. The molecule has 0 saturated carbocycles. The van der Waals surface area contributed by atoms with Gasteiger partial charge in [-0.2, -0.15) is 0 Å². The zero-order valence-electron chi connectivity index (χ0n) is 9.62. The zero-order valence-corrected chi connectivity index (χ0v) is 10.4. The molecule has 0 heterocycles. The standard InChI is InChI=1S/C11H21ClO4/c12-6-4-2-1-3-5-11(14)16-10-9-15-8-7-13/h13H,1-10H2. The van der Waals surface area contributed by atoms with Gasteiger partial charge < -0.3 is 14.6 Å². The maximum absolute atomic E-state index is 11.2. The molecule has 0 aromatic heterocycles. The third kappa shape index (κ3) is 11.8. The third-order valence-corrected chi connectivity index (χ3v) is 2.26. The molecular weight excluding hydrogens is 232 g/mol. The van der Waals surface area contributed by atoms with E-state index in [4.69, 9.17) is 26.2 Å². The molecule has 5 heteroatoms. The lowest BCUT2D eigenvalue weighted by molar-refractivity contribution is -0.145. The number of rotatable bonds is 11. The number of carbonyl (C=O) groups is 1. The second kappa shape index (κ2) is 12.7. The molecule has 0 aromatic carbocycles. The van der Waals surface area contributed by atoms with E-state index in [9.17, 15) is 4.79 Å². The van der Waals surface area contributed by atoms with Crippen LogP contribution in [0.5, 0.6) is 0 Å². The molecule has 16 heavy (non-hydrogen) atoms. The van der Waals surface area contributed by atoms with E-state index in [-0.39, 0.29) is 25.8 Å². The Morgan fingerprint density at radius 1 is 1.06 bits per heavy atom. The highest BCUT2D eigenvalue weighted by Gasteiger charge is 2.01. The zero-order chi connectivity index (χ0) is 12.1. The van der Waals surface area contributed by atoms with Crippen molar-refractivity contribution in [1.29, 1.82) is 0 Å². The van der Waals surface area contributed by atoms with E-state index in [2.05, 4.69) is 0 Å². The van der Waals surface area contributed by atoms with Crippen molar-refractivity contribution in [2.45, 2.75) is 32.1 Å². The minimum Gasteiger partial charge on any atom is -0.463 e. The fraction of sp³-hybridized carbons (Fsp3) is 0.909. The highest BCUT2D eigenvalue weighted by molar-refractivity contribution is 6.17. The smallest absolute Gasteiger partial charge is 0.305 e. The van der Waals surface area contributed by atoms with Gasteiger partial charge in [-0.15, -0.1) is 11.6 Å². The van der Waals surface area contributed by atoms with Crippen LogP contribution in [0, 0.1) is 0 Å². The number of hydrogen-bond acceptors (Lipinski definition) is 4. The van der Waals surface area contributed by atoms with E-state index < -0.39 is 0 Å². The summed E-state index contributed by atoms with van der Waals surface area (Å²) in [6.07, 6.45) is 4.40. The Balaban J connectivity index is 3.12. The normalized spacial score (nSPS) is 10.4. The van der Waals surface area contributed by atoms with Crippen molar-refractivity contribution in [3.05, 3.63) is 0 Å². The molecule has 0 aromatic rings. The average Bonchev–Trinajstić information content (AvgIpc) is 2.28. The van der Waals surface area contributed by atoms with Crippen LogP contribution < -0.4 is 0 Å². The molecular formula is C11H21ClO4. The second-order valence-corrected chi connectivity index (χ2v) is 3.79. The fourth-order valence-electron chi connectivity index (χ4n) is 1.17. The van der Waals surface area contributed by atoms with Crippen LogP contribution in [0.25, 0.3) is 0 Å². The number of hydrogen-bond donors (Lipinski definition) is 1. The summed E-state index contributed by atoms with van der Waals surface area (Å²) in [6, 6.07) is 0. The van der Waals surface area contributed by atoms with Crippen molar-refractivity contribution in [3.8, 4) is 0 Å². The summed E-state index contributed by atoms with van der Waals surface area (Å²) in [5, 5.41) is 8.42. The van der Waals surface area contributed by atoms with E-state index in [1.165, 1.54) is 0 Å². The van der Waals surface area contributed by atoms with Crippen LogP contribution in [0.4, 0.5) is 0 Å². The molecule has 4 nitrogen and oxygen atoms in total. The number of alkyl halides is 1. The largest absolute Gasteiger partial charge is 0.463 e. The van der Waals surface area contributed by atoms with Crippen LogP contribution >= 0.6 is 11.6 Å². The van der Waals surface area contributed by atoms with Crippen LogP contribution in [0.1, 0.15) is 32.1 Å². The quantitative estimate of drug-likeness (QED) is 0.346. The van der Waals surface area contributed by atoms with Gasteiger partial charge >= 0.3 is 5.97 Å². The van der Waals surface area contributed by atoms with Crippen molar-refractivity contribution in [3.63, 3.8) is 0 Å². The Bertz CT molecular complexity index is 148. The Morgan fingerprint density at radius 2 is 1.81 bits per heavy atom. The van der Waals surface area contributed by atoms with Crippen LogP contribution in [-0.4, -0.2) is 43.4 Å². The molecule has 0 unspecified atom stereocenters. The summed E-state index contributed by atoms with van der Waals surface area (Å²) in [5.74, 6) is 0.505. The van der Waals surface area contributed by atoms with E-state index in [0.29, 0.717) is 18.9 Å². The van der Waals surface area contributed by atoms with Gasteiger partial charge in [-0.3, -0.25) is 4.79 Å². The molecule has 0 bridgehead atoms. The van der Waals surface area contributed by atoms with Crippen LogP contribution in [-0.2, 0) is 14.3 Å². The number of esters is 1. The molecule has 0 fully saturated rings. The number of aliphatic hydroxyl groups excluding tert-OH is 1. The Kier molecular flexibility index (Phi) is 12.5. The fourth-order valence-corrected chi connectivity index (χ4v) is 1.36. The van der Waals surface area contributed by atoms with E-state index in [1.54, 1.807) is 0 Å². The molecule has 0 aliphatic rings. The van der Waals surface area contributed by atoms with Crippen LogP contribution in [0.15, 0.2) is 0 Å². The molecule has 0 rings (SSSR count). The van der Waals surface area contributed by atoms with E-state index in [0.717, 1.165) is 25.7 Å². The Labute approximate surface area is 102 Å². The molecule has 0 saturated heterocycles. The maximum Gasteiger partial charge on any atom is 0.305 e. The molecule has 0 atom stereocenters. The van der Waals surface area contributed by atoms with Crippen LogP contribution in [0.3, 0.4) is 0 Å². The Morgan fingerprint density at radius 3 is 2.50 bits per heavy atom. The first-order valence-corrected chi connectivity index (χ1v) is 6.25. The lowest BCUT2D eigenvalue weighted by Gasteiger charge is -2.05. The van der Waals surface area contributed by atoms with Crippen molar-refractivity contribution in [1.82, 2.24) is 0 Å². The molecule has 0 aliphatic carbocycles. The summed E-state index contributed by atoms with van der Waals surface area (Å²) < 4.78 is 9.87. The van der Waals surface area contributed by atoms with Gasteiger partial charge in [-0.1, -0.05) is 12.8 Å². The summed E-state index contributed by atoms with van der Waals surface area (Å²) in [6.45, 7) is 0.892. The number of aliphatic hydroxyl groups is 1. The van der Waals surface area contributed by atoms with Gasteiger partial charge in [0, 0.05) is 12.3 Å². The summed E-state index contributed by atoms with van der Waals surface area (Å²) in [5.41, 5.74) is 0. The summed E-state index contributed by atoms with van der Waals surface area (Å²) in [7, 11) is 0. The second-order valence-electron chi connectivity index (χ2n) is 3.41. The predicted molar refractivity (Wildman–Crippen MR) is 62.7 cm³/mol. The first-order valence-electron chi connectivity index (χ1n) is 5.71. The highest BCUT2D eigenvalue weighted by Crippen LogP contribution is 2.04. The van der Waals surface area contributed by atoms with Crippen molar-refractivity contribution >= 4 is 17.6 Å². The number of ether oxygens (including phenoxy) is 2. The highest BCUT2D eigenvalue weighted by atomic mass is 35.5. The topological polar surface area (TPSA) is 55.8 Å². The number of unbranched alkanes of at least 4 members (excludes halogenated alkanes) is 3. The predicted octanol–water partition coefficient (Wildman–Crippen LogP) is 1.73. The van der Waals surface area contributed by atoms with Gasteiger partial charge in [0.05, 0.1) is 19.8 Å². The molecule has 1 N–H and O–H groups in total. The molecule has 0 spiro atoms. The SMILES string of the molecule is O=C(CCCCCCCl)OCCOCCO. The third-order valence-electron chi connectivity index (χ3n) is 1.99. The van der Waals surface area contributed by atoms with Crippen molar-refractivity contribution < 1.29 is 19.4 Å². The van der Waals surface area contributed by atoms with E-state index in [1.807, 2.05) is 0 Å². The van der Waals surface area contributed by atoms with Gasteiger partial charge in [0.2, 0.25) is 0 Å². The van der Waals surface area contributed by atoms with Crippen molar-refractivity contribution in [2.75, 3.05) is 32.3 Å². The first-order chi connectivity index (χ1) is 7.81. The van der Waals surface area contributed by atoms with Gasteiger partial charge in [0.15, 0.2) is 0 Å². The molecule has 0 radical (unpaired) electrons. The minimum atomic E-state index is -0.182. The van der Waals surface area contributed by atoms with Gasteiger partial charge in [0.25, 0.3) is 0 Å². The lowest BCUT2D eigenvalue weighted by atomic mass is 10.1. The molecule has 96 valence electrons. The van der Waals surface area contributed by atoms with Gasteiger partial charge in [-0.05, 0) is 12.8 Å². The molecule has 0 aliphatic heterocycles. The summed E-state index contributed by atoms with van der Waals surface area (Å²) in [4.78, 5) is 11.2. The first kappa shape index (κ1) is 15.7. The Hall–Kier alpha value is -0.320. The minimum absolute atomic E-state index is 0.00544. The van der Waals surface area contributed by atoms with Gasteiger partial charge in [0.1, 0.15) is 6.61 Å². The summed E-state index contributed by atoms with van der Waals surface area (Å²) >= 11 is 5.53. The molecule has 0 amide bonds. The van der Waals surface area contributed by atoms with Crippen molar-refractivity contribution in [2.24, 2.45) is 0 Å². The maximum atomic E-state index is 11.2. The van der Waals surface area contributed by atoms with E-state index >= 15 is 0 Å². The number of halogens is 1.